The van der Waals surface area contributed by atoms with Crippen LogP contribution in [0.25, 0.3) is 0 Å². The van der Waals surface area contributed by atoms with Gasteiger partial charge in [-0.3, -0.25) is 19.7 Å². The number of rotatable bonds is 5. The summed E-state index contributed by atoms with van der Waals surface area (Å²) >= 11 is 5.98. The number of carbonyl (C=O) groups is 2. The Kier molecular flexibility index (Phi) is 4.36. The van der Waals surface area contributed by atoms with Gasteiger partial charge in [0.25, 0.3) is 5.69 Å². The number of allylic oxidation sites excluding steroid dienone is 2. The summed E-state index contributed by atoms with van der Waals surface area (Å²) in [7, 11) is 0. The summed E-state index contributed by atoms with van der Waals surface area (Å²) in [6.45, 7) is 0.349. The molecule has 1 N–H and O–H groups in total. The first-order valence-electron chi connectivity index (χ1n) is 9.77. The van der Waals surface area contributed by atoms with E-state index in [1.807, 2.05) is 18.2 Å². The molecule has 152 valence electrons. The first-order valence-corrected chi connectivity index (χ1v) is 10.1. The Bertz CT molecular complexity index is 1090. The molecule has 8 heteroatoms. The third-order valence-corrected chi connectivity index (χ3v) is 6.51. The molecule has 2 amide bonds. The average Bonchev–Trinajstić information content (AvgIpc) is 3.40. The molecule has 1 aliphatic heterocycles. The van der Waals surface area contributed by atoms with Gasteiger partial charge in [0.1, 0.15) is 5.69 Å². The summed E-state index contributed by atoms with van der Waals surface area (Å²) in [5.41, 5.74) is 1.25. The molecule has 0 aromatic heterocycles. The first kappa shape index (κ1) is 18.8. The van der Waals surface area contributed by atoms with Gasteiger partial charge in [-0.25, -0.2) is 4.90 Å². The second kappa shape index (κ2) is 6.95. The van der Waals surface area contributed by atoms with E-state index in [9.17, 15) is 19.7 Å². The van der Waals surface area contributed by atoms with E-state index >= 15 is 0 Å². The molecule has 1 saturated heterocycles. The second-order valence-electron chi connectivity index (χ2n) is 7.95. The van der Waals surface area contributed by atoms with Crippen LogP contribution in [0.3, 0.4) is 0 Å². The van der Waals surface area contributed by atoms with E-state index in [2.05, 4.69) is 5.32 Å². The summed E-state index contributed by atoms with van der Waals surface area (Å²) in [5.74, 6) is -1.00. The van der Waals surface area contributed by atoms with E-state index in [0.29, 0.717) is 17.3 Å². The van der Waals surface area contributed by atoms with Gasteiger partial charge in [0.05, 0.1) is 22.4 Å². The van der Waals surface area contributed by atoms with Crippen LogP contribution in [0.4, 0.5) is 17.1 Å². The summed E-state index contributed by atoms with van der Waals surface area (Å²) < 4.78 is 0. The molecule has 30 heavy (non-hydrogen) atoms. The van der Waals surface area contributed by atoms with Crippen LogP contribution in [0.2, 0.25) is 5.02 Å². The topological polar surface area (TPSA) is 92.6 Å². The number of anilines is 2. The highest BCUT2D eigenvalue weighted by molar-refractivity contribution is 6.30. The number of nitrogens with one attached hydrogen (secondary N) is 1. The van der Waals surface area contributed by atoms with Gasteiger partial charge < -0.3 is 5.32 Å². The maximum absolute atomic E-state index is 13.0. The molecule has 2 bridgehead atoms. The quantitative estimate of drug-likeness (QED) is 0.337. The van der Waals surface area contributed by atoms with Crippen LogP contribution < -0.4 is 10.2 Å². The van der Waals surface area contributed by atoms with Crippen LogP contribution in [-0.4, -0.2) is 16.7 Å². The van der Waals surface area contributed by atoms with Crippen molar-refractivity contribution in [1.29, 1.82) is 0 Å². The van der Waals surface area contributed by atoms with Gasteiger partial charge in [-0.05, 0) is 48.1 Å². The monoisotopic (exact) mass is 423 g/mol. The molecule has 2 aliphatic carbocycles. The fraction of sp³-hybridized carbons (Fsp3) is 0.273. The number of amides is 2. The molecule has 4 atom stereocenters. The van der Waals surface area contributed by atoms with E-state index in [1.54, 1.807) is 30.3 Å². The highest BCUT2D eigenvalue weighted by Gasteiger charge is 2.59. The zero-order valence-electron chi connectivity index (χ0n) is 15.8. The SMILES string of the molecule is O=C1[C@H]2[C@H](C(=O)N1c1ccc(NCc3cccc(Cl)c3)c([N+](=O)[O-])c1)[C@H]1C=C[C@H]2C1. The van der Waals surface area contributed by atoms with E-state index in [0.717, 1.165) is 16.9 Å². The van der Waals surface area contributed by atoms with Crippen molar-refractivity contribution in [2.45, 2.75) is 13.0 Å². The summed E-state index contributed by atoms with van der Waals surface area (Å²) in [4.78, 5) is 38.2. The zero-order chi connectivity index (χ0) is 21.0. The lowest BCUT2D eigenvalue weighted by molar-refractivity contribution is -0.383. The molecule has 7 nitrogen and oxygen atoms in total. The molecule has 0 unspecified atom stereocenters. The lowest BCUT2D eigenvalue weighted by atomic mass is 9.85. The third-order valence-electron chi connectivity index (χ3n) is 6.28. The normalized spacial score (nSPS) is 26.4. The molecular weight excluding hydrogens is 406 g/mol. The summed E-state index contributed by atoms with van der Waals surface area (Å²) in [5, 5.41) is 15.3. The number of halogens is 1. The number of nitro benzene ring substituents is 1. The molecular formula is C22H18ClN3O4. The highest BCUT2D eigenvalue weighted by Crippen LogP contribution is 2.53. The van der Waals surface area contributed by atoms with Gasteiger partial charge in [0, 0.05) is 17.6 Å². The smallest absolute Gasteiger partial charge is 0.294 e. The van der Waals surface area contributed by atoms with Crippen molar-refractivity contribution in [3.8, 4) is 0 Å². The van der Waals surface area contributed by atoms with Gasteiger partial charge in [0.2, 0.25) is 11.8 Å². The average molecular weight is 424 g/mol. The Morgan fingerprint density at radius 1 is 1.07 bits per heavy atom. The van der Waals surface area contributed by atoms with Crippen LogP contribution in [0, 0.1) is 33.8 Å². The molecule has 3 aliphatic rings. The maximum Gasteiger partial charge on any atom is 0.294 e. The number of hydrogen-bond donors (Lipinski definition) is 1. The number of nitro groups is 1. The Labute approximate surface area is 177 Å². The molecule has 1 heterocycles. The Balaban J connectivity index is 1.42. The fourth-order valence-electron chi connectivity index (χ4n) is 4.96. The molecule has 5 rings (SSSR count). The molecule has 1 saturated carbocycles. The van der Waals surface area contributed by atoms with Crippen LogP contribution in [0.5, 0.6) is 0 Å². The number of nitrogens with zero attached hydrogens (tertiary/aromatic N) is 2. The Hall–Kier alpha value is -3.19. The van der Waals surface area contributed by atoms with Crippen LogP contribution in [-0.2, 0) is 16.1 Å². The van der Waals surface area contributed by atoms with Crippen molar-refractivity contribution >= 4 is 40.5 Å². The van der Waals surface area contributed by atoms with E-state index < -0.39 is 4.92 Å². The minimum absolute atomic E-state index is 0.0927. The fourth-order valence-corrected chi connectivity index (χ4v) is 5.17. The van der Waals surface area contributed by atoms with E-state index in [4.69, 9.17) is 11.6 Å². The maximum atomic E-state index is 13.0. The molecule has 0 spiro atoms. The standard InChI is InChI=1S/C22H18ClN3O4/c23-15-3-1-2-12(8-15)11-24-17-7-6-16(10-18(17)26(29)30)25-21(27)19-13-4-5-14(9-13)20(19)22(25)28/h1-8,10,13-14,19-20,24H,9,11H2/t13-,14-,19+,20+/m0/s1. The van der Waals surface area contributed by atoms with Crippen molar-refractivity contribution in [1.82, 2.24) is 0 Å². The molecule has 0 radical (unpaired) electrons. The lowest BCUT2D eigenvalue weighted by Gasteiger charge is -2.18. The minimum Gasteiger partial charge on any atom is -0.375 e. The van der Waals surface area contributed by atoms with Gasteiger partial charge in [-0.15, -0.1) is 0 Å². The van der Waals surface area contributed by atoms with E-state index in [-0.39, 0.29) is 46.9 Å². The van der Waals surface area contributed by atoms with Crippen molar-refractivity contribution in [2.75, 3.05) is 10.2 Å². The van der Waals surface area contributed by atoms with Crippen LogP contribution >= 0.6 is 11.6 Å². The van der Waals surface area contributed by atoms with E-state index in [1.165, 1.54) is 6.07 Å². The van der Waals surface area contributed by atoms with Gasteiger partial charge >= 0.3 is 0 Å². The molecule has 2 fully saturated rings. The van der Waals surface area contributed by atoms with Crippen LogP contribution in [0.1, 0.15) is 12.0 Å². The second-order valence-corrected chi connectivity index (χ2v) is 8.39. The number of fused-ring (bicyclic) bond motifs is 5. The summed E-state index contributed by atoms with van der Waals surface area (Å²) in [6.07, 6.45) is 4.88. The third kappa shape index (κ3) is 2.89. The van der Waals surface area contributed by atoms with Gasteiger partial charge in [-0.1, -0.05) is 35.9 Å². The number of hydrogen-bond acceptors (Lipinski definition) is 5. The minimum atomic E-state index is -0.513. The largest absolute Gasteiger partial charge is 0.375 e. The molecule has 2 aromatic carbocycles. The Morgan fingerprint density at radius 2 is 1.77 bits per heavy atom. The molecule has 2 aromatic rings. The first-order chi connectivity index (χ1) is 14.4. The Morgan fingerprint density at radius 3 is 2.40 bits per heavy atom. The van der Waals surface area contributed by atoms with Crippen molar-refractivity contribution in [3.05, 3.63) is 75.3 Å². The highest BCUT2D eigenvalue weighted by atomic mass is 35.5. The van der Waals surface area contributed by atoms with Crippen molar-refractivity contribution < 1.29 is 14.5 Å². The van der Waals surface area contributed by atoms with Gasteiger partial charge in [-0.2, -0.15) is 0 Å². The van der Waals surface area contributed by atoms with Crippen molar-refractivity contribution in [2.24, 2.45) is 23.7 Å². The van der Waals surface area contributed by atoms with Crippen molar-refractivity contribution in [3.63, 3.8) is 0 Å². The lowest BCUT2D eigenvalue weighted by Crippen LogP contribution is -2.32. The van der Waals surface area contributed by atoms with Gasteiger partial charge in [0.15, 0.2) is 0 Å². The van der Waals surface area contributed by atoms with Crippen LogP contribution in [0.15, 0.2) is 54.6 Å². The number of benzene rings is 2. The predicted molar refractivity (Wildman–Crippen MR) is 112 cm³/mol. The predicted octanol–water partition coefficient (Wildman–Crippen LogP) is 4.17. The summed E-state index contributed by atoms with van der Waals surface area (Å²) in [6, 6.07) is 11.6. The number of carbonyl (C=O) groups excluding carboxylic acids is 2. The zero-order valence-corrected chi connectivity index (χ0v) is 16.6. The number of imide groups is 1.